The SMILES string of the molecule is CCOC(=O)COc1ccc(C=C2C(=O)N(CC(C)C)c3ccccc32)cc1OC. The van der Waals surface area contributed by atoms with Crippen LogP contribution in [0.2, 0.25) is 0 Å². The van der Waals surface area contributed by atoms with Crippen LogP contribution in [0.3, 0.4) is 0 Å². The number of para-hydroxylation sites is 1. The Labute approximate surface area is 177 Å². The van der Waals surface area contributed by atoms with Crippen molar-refractivity contribution in [2.45, 2.75) is 20.8 Å². The number of carbonyl (C=O) groups is 2. The van der Waals surface area contributed by atoms with Crippen LogP contribution in [0.5, 0.6) is 11.5 Å². The molecule has 2 aromatic carbocycles. The predicted octanol–water partition coefficient (Wildman–Crippen LogP) is 4.18. The number of carbonyl (C=O) groups excluding carboxylic acids is 2. The first-order valence-corrected chi connectivity index (χ1v) is 10.0. The fraction of sp³-hybridized carbons (Fsp3) is 0.333. The summed E-state index contributed by atoms with van der Waals surface area (Å²) in [6.45, 7) is 6.70. The Morgan fingerprint density at radius 3 is 2.60 bits per heavy atom. The summed E-state index contributed by atoms with van der Waals surface area (Å²) in [5.41, 5.74) is 3.31. The normalized spacial score (nSPS) is 14.2. The van der Waals surface area contributed by atoms with E-state index in [0.717, 1.165) is 16.8 Å². The summed E-state index contributed by atoms with van der Waals surface area (Å²) in [5.74, 6) is 0.826. The molecule has 3 rings (SSSR count). The van der Waals surface area contributed by atoms with Gasteiger partial charge in [-0.1, -0.05) is 38.1 Å². The van der Waals surface area contributed by atoms with Crippen LogP contribution < -0.4 is 14.4 Å². The highest BCUT2D eigenvalue weighted by atomic mass is 16.6. The Morgan fingerprint density at radius 1 is 1.13 bits per heavy atom. The standard InChI is InChI=1S/C24H27NO5/c1-5-29-23(26)15-30-21-11-10-17(13-22(21)28-4)12-19-18-8-6-7-9-20(18)25(24(19)27)14-16(2)3/h6-13,16H,5,14-15H2,1-4H3. The Morgan fingerprint density at radius 2 is 1.90 bits per heavy atom. The van der Waals surface area contributed by atoms with E-state index in [0.29, 0.717) is 36.1 Å². The number of nitrogens with zero attached hydrogens (tertiary/aromatic N) is 1. The highest BCUT2D eigenvalue weighted by molar-refractivity contribution is 6.35. The first-order chi connectivity index (χ1) is 14.4. The van der Waals surface area contributed by atoms with E-state index >= 15 is 0 Å². The number of rotatable bonds is 8. The van der Waals surface area contributed by atoms with Gasteiger partial charge in [0.2, 0.25) is 0 Å². The van der Waals surface area contributed by atoms with Gasteiger partial charge in [0.1, 0.15) is 0 Å². The highest BCUT2D eigenvalue weighted by Crippen LogP contribution is 2.39. The van der Waals surface area contributed by atoms with Gasteiger partial charge >= 0.3 is 5.97 Å². The molecule has 0 bridgehead atoms. The molecule has 6 heteroatoms. The van der Waals surface area contributed by atoms with Crippen molar-refractivity contribution in [3.8, 4) is 11.5 Å². The van der Waals surface area contributed by atoms with Crippen LogP contribution in [-0.2, 0) is 14.3 Å². The van der Waals surface area contributed by atoms with E-state index in [1.54, 1.807) is 19.1 Å². The van der Waals surface area contributed by atoms with E-state index in [1.165, 1.54) is 7.11 Å². The van der Waals surface area contributed by atoms with E-state index < -0.39 is 5.97 Å². The van der Waals surface area contributed by atoms with E-state index in [9.17, 15) is 9.59 Å². The number of fused-ring (bicyclic) bond motifs is 1. The average molecular weight is 409 g/mol. The molecule has 0 radical (unpaired) electrons. The second kappa shape index (κ2) is 9.48. The largest absolute Gasteiger partial charge is 0.493 e. The second-order valence-electron chi connectivity index (χ2n) is 7.39. The number of hydrogen-bond acceptors (Lipinski definition) is 5. The zero-order chi connectivity index (χ0) is 21.7. The molecule has 30 heavy (non-hydrogen) atoms. The third kappa shape index (κ3) is 4.64. The van der Waals surface area contributed by atoms with Crippen LogP contribution in [0.1, 0.15) is 31.9 Å². The average Bonchev–Trinajstić information content (AvgIpc) is 2.98. The lowest BCUT2D eigenvalue weighted by molar-refractivity contribution is -0.145. The first-order valence-electron chi connectivity index (χ1n) is 10.0. The van der Waals surface area contributed by atoms with Crippen LogP contribution in [-0.4, -0.2) is 38.7 Å². The molecule has 1 aliphatic heterocycles. The molecular formula is C24H27NO5. The van der Waals surface area contributed by atoms with E-state index in [-0.39, 0.29) is 12.5 Å². The van der Waals surface area contributed by atoms with Crippen molar-refractivity contribution >= 4 is 29.2 Å². The number of esters is 1. The third-order valence-corrected chi connectivity index (χ3v) is 4.66. The smallest absolute Gasteiger partial charge is 0.344 e. The fourth-order valence-electron chi connectivity index (χ4n) is 3.39. The summed E-state index contributed by atoms with van der Waals surface area (Å²) in [5, 5.41) is 0. The molecule has 0 fully saturated rings. The molecule has 0 unspecified atom stereocenters. The summed E-state index contributed by atoms with van der Waals surface area (Å²) < 4.78 is 15.8. The maximum absolute atomic E-state index is 13.1. The molecule has 6 nitrogen and oxygen atoms in total. The van der Waals surface area contributed by atoms with Crippen LogP contribution in [0.4, 0.5) is 5.69 Å². The molecule has 0 aromatic heterocycles. The Bertz CT molecular complexity index is 964. The van der Waals surface area contributed by atoms with Crippen molar-refractivity contribution < 1.29 is 23.8 Å². The fourth-order valence-corrected chi connectivity index (χ4v) is 3.39. The lowest BCUT2D eigenvalue weighted by atomic mass is 10.0. The molecule has 0 saturated heterocycles. The molecular weight excluding hydrogens is 382 g/mol. The van der Waals surface area contributed by atoms with E-state index in [4.69, 9.17) is 14.2 Å². The summed E-state index contributed by atoms with van der Waals surface area (Å²) in [7, 11) is 1.53. The van der Waals surface area contributed by atoms with Gasteiger partial charge in [0.25, 0.3) is 5.91 Å². The van der Waals surface area contributed by atoms with Gasteiger partial charge in [0.05, 0.1) is 19.4 Å². The molecule has 1 amide bonds. The number of hydrogen-bond donors (Lipinski definition) is 0. The number of anilines is 1. The molecule has 0 saturated carbocycles. The first kappa shape index (κ1) is 21.4. The van der Waals surface area contributed by atoms with Crippen LogP contribution in [0.25, 0.3) is 11.6 Å². The van der Waals surface area contributed by atoms with Gasteiger partial charge < -0.3 is 19.1 Å². The number of amides is 1. The van der Waals surface area contributed by atoms with Crippen molar-refractivity contribution in [1.29, 1.82) is 0 Å². The van der Waals surface area contributed by atoms with E-state index in [1.807, 2.05) is 41.3 Å². The maximum atomic E-state index is 13.1. The van der Waals surface area contributed by atoms with E-state index in [2.05, 4.69) is 13.8 Å². The quantitative estimate of drug-likeness (QED) is 0.483. The molecule has 1 aliphatic rings. The van der Waals surface area contributed by atoms with Gasteiger partial charge in [-0.3, -0.25) is 4.79 Å². The Hall–Kier alpha value is -3.28. The van der Waals surface area contributed by atoms with Crippen LogP contribution >= 0.6 is 0 Å². The number of methoxy groups -OCH3 is 1. The minimum Gasteiger partial charge on any atom is -0.493 e. The second-order valence-corrected chi connectivity index (χ2v) is 7.39. The molecule has 158 valence electrons. The van der Waals surface area contributed by atoms with Crippen molar-refractivity contribution in [2.75, 3.05) is 31.8 Å². The molecule has 1 heterocycles. The van der Waals surface area contributed by atoms with Gasteiger partial charge in [-0.2, -0.15) is 0 Å². The summed E-state index contributed by atoms with van der Waals surface area (Å²) in [6.07, 6.45) is 1.86. The molecule has 2 aromatic rings. The number of ether oxygens (including phenoxy) is 3. The lowest BCUT2D eigenvalue weighted by Crippen LogP contribution is -2.30. The number of benzene rings is 2. The molecule has 0 spiro atoms. The summed E-state index contributed by atoms with van der Waals surface area (Å²) in [6, 6.07) is 13.2. The van der Waals surface area contributed by atoms with Crippen molar-refractivity contribution in [3.05, 3.63) is 53.6 Å². The van der Waals surface area contributed by atoms with Gasteiger partial charge in [0.15, 0.2) is 18.1 Å². The predicted molar refractivity (Wildman–Crippen MR) is 117 cm³/mol. The molecule has 0 atom stereocenters. The maximum Gasteiger partial charge on any atom is 0.344 e. The zero-order valence-corrected chi connectivity index (χ0v) is 17.8. The van der Waals surface area contributed by atoms with Crippen molar-refractivity contribution in [1.82, 2.24) is 0 Å². The lowest BCUT2D eigenvalue weighted by Gasteiger charge is -2.19. The third-order valence-electron chi connectivity index (χ3n) is 4.66. The van der Waals surface area contributed by atoms with Crippen molar-refractivity contribution in [2.24, 2.45) is 5.92 Å². The van der Waals surface area contributed by atoms with Gasteiger partial charge in [0, 0.05) is 17.7 Å². The van der Waals surface area contributed by atoms with Gasteiger partial charge in [-0.05, 0) is 42.7 Å². The summed E-state index contributed by atoms with van der Waals surface area (Å²) in [4.78, 5) is 26.5. The van der Waals surface area contributed by atoms with Crippen LogP contribution in [0.15, 0.2) is 42.5 Å². The molecule has 0 aliphatic carbocycles. The highest BCUT2D eigenvalue weighted by Gasteiger charge is 2.32. The Balaban J connectivity index is 1.89. The summed E-state index contributed by atoms with van der Waals surface area (Å²) >= 11 is 0. The monoisotopic (exact) mass is 409 g/mol. The molecule has 0 N–H and O–H groups in total. The zero-order valence-electron chi connectivity index (χ0n) is 17.8. The minimum atomic E-state index is -0.441. The minimum absolute atomic E-state index is 0.00787. The Kier molecular flexibility index (Phi) is 6.77. The van der Waals surface area contributed by atoms with Gasteiger partial charge in [-0.25, -0.2) is 4.79 Å². The van der Waals surface area contributed by atoms with Crippen molar-refractivity contribution in [3.63, 3.8) is 0 Å². The topological polar surface area (TPSA) is 65.1 Å². The van der Waals surface area contributed by atoms with Gasteiger partial charge in [-0.15, -0.1) is 0 Å². The van der Waals surface area contributed by atoms with Crippen LogP contribution in [0, 0.1) is 5.92 Å².